The molecule has 0 aliphatic carbocycles. The molecule has 20 heavy (non-hydrogen) atoms. The van der Waals surface area contributed by atoms with E-state index >= 15 is 0 Å². The number of nitrogens with one attached hydrogen (secondary N) is 1. The Balaban J connectivity index is 2.27. The standard InChI is InChI=1S/C14H15N3O3/c1-9-5-4-6-10(7-9)13(18)16-11-8-15-17(2)12(11)14(19)20-3/h4-8H,1-3H3,(H,16,18). The lowest BCUT2D eigenvalue weighted by Gasteiger charge is -2.06. The van der Waals surface area contributed by atoms with Crippen LogP contribution in [0, 0.1) is 6.92 Å². The van der Waals surface area contributed by atoms with Crippen molar-refractivity contribution in [2.24, 2.45) is 7.05 Å². The van der Waals surface area contributed by atoms with Gasteiger partial charge in [0.1, 0.15) is 0 Å². The number of ether oxygens (including phenoxy) is 1. The summed E-state index contributed by atoms with van der Waals surface area (Å²) in [7, 11) is 2.88. The SMILES string of the molecule is COC(=O)c1c(NC(=O)c2cccc(C)c2)cnn1C. The van der Waals surface area contributed by atoms with Gasteiger partial charge in [0.05, 0.1) is 19.0 Å². The minimum atomic E-state index is -0.551. The molecule has 104 valence electrons. The molecule has 2 rings (SSSR count). The van der Waals surface area contributed by atoms with Gasteiger partial charge in [-0.1, -0.05) is 17.7 Å². The summed E-state index contributed by atoms with van der Waals surface area (Å²) in [5.41, 5.74) is 2.03. The molecule has 1 heterocycles. The number of hydrogen-bond donors (Lipinski definition) is 1. The third kappa shape index (κ3) is 2.69. The fourth-order valence-electron chi connectivity index (χ4n) is 1.85. The van der Waals surface area contributed by atoms with Crippen LogP contribution in [-0.4, -0.2) is 28.8 Å². The summed E-state index contributed by atoms with van der Waals surface area (Å²) in [5.74, 6) is -0.851. The molecule has 6 nitrogen and oxygen atoms in total. The number of aryl methyl sites for hydroxylation is 2. The number of esters is 1. The van der Waals surface area contributed by atoms with Gasteiger partial charge in [0.15, 0.2) is 5.69 Å². The number of nitrogens with zero attached hydrogens (tertiary/aromatic N) is 2. The Bertz CT molecular complexity index is 661. The van der Waals surface area contributed by atoms with Crippen LogP contribution in [0.4, 0.5) is 5.69 Å². The Labute approximate surface area is 116 Å². The number of methoxy groups -OCH3 is 1. The summed E-state index contributed by atoms with van der Waals surface area (Å²) in [5, 5.41) is 6.62. The van der Waals surface area contributed by atoms with Crippen molar-refractivity contribution in [1.29, 1.82) is 0 Å². The van der Waals surface area contributed by atoms with E-state index in [1.807, 2.05) is 13.0 Å². The largest absolute Gasteiger partial charge is 0.464 e. The van der Waals surface area contributed by atoms with Crippen molar-refractivity contribution in [3.8, 4) is 0 Å². The normalized spacial score (nSPS) is 10.2. The summed E-state index contributed by atoms with van der Waals surface area (Å²) in [6.07, 6.45) is 1.42. The van der Waals surface area contributed by atoms with E-state index in [2.05, 4.69) is 15.2 Å². The molecule has 0 bridgehead atoms. The lowest BCUT2D eigenvalue weighted by Crippen LogP contribution is -2.16. The Morgan fingerprint density at radius 3 is 2.75 bits per heavy atom. The fourth-order valence-corrected chi connectivity index (χ4v) is 1.85. The first-order valence-electron chi connectivity index (χ1n) is 6.01. The molecular weight excluding hydrogens is 258 g/mol. The highest BCUT2D eigenvalue weighted by atomic mass is 16.5. The molecule has 0 unspecified atom stereocenters. The van der Waals surface area contributed by atoms with Gasteiger partial charge < -0.3 is 10.1 Å². The minimum absolute atomic E-state index is 0.202. The maximum absolute atomic E-state index is 12.1. The van der Waals surface area contributed by atoms with Crippen LogP contribution < -0.4 is 5.32 Å². The molecule has 1 aromatic heterocycles. The van der Waals surface area contributed by atoms with Gasteiger partial charge in [-0.2, -0.15) is 5.10 Å². The summed E-state index contributed by atoms with van der Waals surface area (Å²) < 4.78 is 6.03. The second-order valence-electron chi connectivity index (χ2n) is 4.35. The molecule has 1 aromatic carbocycles. The maximum atomic E-state index is 12.1. The number of carbonyl (C=O) groups is 2. The number of anilines is 1. The summed E-state index contributed by atoms with van der Waals surface area (Å²) >= 11 is 0. The van der Waals surface area contributed by atoms with Crippen molar-refractivity contribution in [3.05, 3.63) is 47.3 Å². The zero-order valence-electron chi connectivity index (χ0n) is 11.5. The molecule has 2 aromatic rings. The maximum Gasteiger partial charge on any atom is 0.358 e. The van der Waals surface area contributed by atoms with E-state index in [1.54, 1.807) is 25.2 Å². The molecule has 0 aliphatic rings. The van der Waals surface area contributed by atoms with E-state index in [4.69, 9.17) is 0 Å². The van der Waals surface area contributed by atoms with Gasteiger partial charge in [-0.3, -0.25) is 9.48 Å². The molecule has 0 aliphatic heterocycles. The van der Waals surface area contributed by atoms with Crippen molar-refractivity contribution in [2.45, 2.75) is 6.92 Å². The number of benzene rings is 1. The molecule has 0 radical (unpaired) electrons. The van der Waals surface area contributed by atoms with Crippen LogP contribution in [0.5, 0.6) is 0 Å². The number of amides is 1. The average Bonchev–Trinajstić information content (AvgIpc) is 2.79. The highest BCUT2D eigenvalue weighted by molar-refractivity contribution is 6.07. The van der Waals surface area contributed by atoms with Crippen LogP contribution in [0.25, 0.3) is 0 Å². The fraction of sp³-hybridized carbons (Fsp3) is 0.214. The van der Waals surface area contributed by atoms with E-state index in [-0.39, 0.29) is 11.6 Å². The van der Waals surface area contributed by atoms with Crippen LogP contribution in [0.1, 0.15) is 26.4 Å². The number of carbonyl (C=O) groups excluding carboxylic acids is 2. The smallest absolute Gasteiger partial charge is 0.358 e. The highest BCUT2D eigenvalue weighted by Crippen LogP contribution is 2.16. The summed E-state index contributed by atoms with van der Waals surface area (Å²) in [6, 6.07) is 7.18. The topological polar surface area (TPSA) is 73.2 Å². The molecule has 0 atom stereocenters. The Hall–Kier alpha value is -2.63. The Kier molecular flexibility index (Phi) is 3.84. The van der Waals surface area contributed by atoms with Crippen molar-refractivity contribution < 1.29 is 14.3 Å². The van der Waals surface area contributed by atoms with Crippen LogP contribution in [0.3, 0.4) is 0 Å². The average molecular weight is 273 g/mol. The molecule has 6 heteroatoms. The number of aromatic nitrogens is 2. The van der Waals surface area contributed by atoms with Gasteiger partial charge in [-0.05, 0) is 19.1 Å². The molecule has 0 fully saturated rings. The highest BCUT2D eigenvalue weighted by Gasteiger charge is 2.19. The van der Waals surface area contributed by atoms with Gasteiger partial charge in [0.25, 0.3) is 5.91 Å². The predicted molar refractivity (Wildman–Crippen MR) is 73.7 cm³/mol. The van der Waals surface area contributed by atoms with E-state index in [0.717, 1.165) is 5.56 Å². The van der Waals surface area contributed by atoms with Crippen LogP contribution in [0.2, 0.25) is 0 Å². The first-order valence-corrected chi connectivity index (χ1v) is 6.01. The van der Waals surface area contributed by atoms with Crippen molar-refractivity contribution >= 4 is 17.6 Å². The van der Waals surface area contributed by atoms with Crippen LogP contribution >= 0.6 is 0 Å². The zero-order chi connectivity index (χ0) is 14.7. The van der Waals surface area contributed by atoms with Gasteiger partial charge in [0.2, 0.25) is 0 Å². The molecule has 1 amide bonds. The van der Waals surface area contributed by atoms with Crippen molar-refractivity contribution in [3.63, 3.8) is 0 Å². The summed E-state index contributed by atoms with van der Waals surface area (Å²) in [6.45, 7) is 1.90. The van der Waals surface area contributed by atoms with Gasteiger partial charge in [0, 0.05) is 12.6 Å². The van der Waals surface area contributed by atoms with Crippen molar-refractivity contribution in [1.82, 2.24) is 9.78 Å². The molecule has 1 N–H and O–H groups in total. The minimum Gasteiger partial charge on any atom is -0.464 e. The van der Waals surface area contributed by atoms with Gasteiger partial charge in [-0.25, -0.2) is 4.79 Å². The second-order valence-corrected chi connectivity index (χ2v) is 4.35. The van der Waals surface area contributed by atoms with E-state index in [1.165, 1.54) is 18.0 Å². The lowest BCUT2D eigenvalue weighted by molar-refractivity contribution is 0.0589. The zero-order valence-corrected chi connectivity index (χ0v) is 11.5. The van der Waals surface area contributed by atoms with Gasteiger partial charge in [-0.15, -0.1) is 0 Å². The molecule has 0 saturated heterocycles. The quantitative estimate of drug-likeness (QED) is 0.865. The number of rotatable bonds is 3. The summed E-state index contributed by atoms with van der Waals surface area (Å²) in [4.78, 5) is 23.8. The van der Waals surface area contributed by atoms with Crippen LogP contribution in [0.15, 0.2) is 30.5 Å². The molecule has 0 spiro atoms. The monoisotopic (exact) mass is 273 g/mol. The van der Waals surface area contributed by atoms with E-state index in [0.29, 0.717) is 11.3 Å². The Morgan fingerprint density at radius 1 is 1.35 bits per heavy atom. The lowest BCUT2D eigenvalue weighted by atomic mass is 10.1. The second kappa shape index (κ2) is 5.56. The van der Waals surface area contributed by atoms with Gasteiger partial charge >= 0.3 is 5.97 Å². The number of hydrogen-bond acceptors (Lipinski definition) is 4. The molecular formula is C14H15N3O3. The first-order chi connectivity index (χ1) is 9.52. The first kappa shape index (κ1) is 13.8. The Morgan fingerprint density at radius 2 is 2.10 bits per heavy atom. The van der Waals surface area contributed by atoms with Crippen molar-refractivity contribution in [2.75, 3.05) is 12.4 Å². The predicted octanol–water partition coefficient (Wildman–Crippen LogP) is 1.77. The molecule has 0 saturated carbocycles. The third-order valence-corrected chi connectivity index (χ3v) is 2.85. The van der Waals surface area contributed by atoms with E-state index < -0.39 is 5.97 Å². The van der Waals surface area contributed by atoms with E-state index in [9.17, 15) is 9.59 Å². The third-order valence-electron chi connectivity index (χ3n) is 2.85. The van der Waals surface area contributed by atoms with Crippen LogP contribution in [-0.2, 0) is 11.8 Å².